The summed E-state index contributed by atoms with van der Waals surface area (Å²) in [7, 11) is 0. The van der Waals surface area contributed by atoms with E-state index < -0.39 is 5.97 Å². The topological polar surface area (TPSA) is 81.1 Å². The van der Waals surface area contributed by atoms with Gasteiger partial charge in [0.1, 0.15) is 11.3 Å². The molecule has 0 amide bonds. The maximum atomic E-state index is 12.5. The second kappa shape index (κ2) is 11.6. The number of anilines is 2. The van der Waals surface area contributed by atoms with Crippen molar-refractivity contribution in [2.45, 2.75) is 19.9 Å². The third-order valence-corrected chi connectivity index (χ3v) is 6.83. The molecule has 2 N–H and O–H groups in total. The van der Waals surface area contributed by atoms with Crippen molar-refractivity contribution in [3.8, 4) is 0 Å². The highest BCUT2D eigenvalue weighted by Crippen LogP contribution is 2.31. The summed E-state index contributed by atoms with van der Waals surface area (Å²) in [5.74, 6) is -0.114. The van der Waals surface area contributed by atoms with E-state index in [0.717, 1.165) is 16.0 Å². The Hall–Kier alpha value is -2.98. The van der Waals surface area contributed by atoms with Gasteiger partial charge in [-0.15, -0.1) is 16.4 Å². The van der Waals surface area contributed by atoms with E-state index in [-0.39, 0.29) is 11.7 Å². The van der Waals surface area contributed by atoms with Gasteiger partial charge in [-0.05, 0) is 42.9 Å². The van der Waals surface area contributed by atoms with E-state index in [0.29, 0.717) is 39.5 Å². The van der Waals surface area contributed by atoms with Crippen molar-refractivity contribution in [2.24, 2.45) is 0 Å². The number of aromatic nitrogens is 3. The fourth-order valence-electron chi connectivity index (χ4n) is 3.29. The molecular formula is C24H21Cl2N5O2S2. The van der Waals surface area contributed by atoms with Crippen LogP contribution in [0, 0.1) is 0 Å². The molecule has 4 aromatic rings. The first-order valence-corrected chi connectivity index (χ1v) is 12.6. The number of thiocarbonyl (C=S) groups is 1. The van der Waals surface area contributed by atoms with Crippen LogP contribution >= 0.6 is 46.8 Å². The normalized spacial score (nSPS) is 10.7. The van der Waals surface area contributed by atoms with Crippen molar-refractivity contribution in [3.63, 3.8) is 0 Å². The number of ether oxygens (including phenoxy) is 1. The average molecular weight is 547 g/mol. The molecule has 0 spiro atoms. The van der Waals surface area contributed by atoms with Crippen LogP contribution in [0.2, 0.25) is 10.0 Å². The number of halogens is 2. The Morgan fingerprint density at radius 3 is 2.57 bits per heavy atom. The monoisotopic (exact) mass is 545 g/mol. The van der Waals surface area contributed by atoms with Crippen molar-refractivity contribution in [1.82, 2.24) is 14.8 Å². The highest BCUT2D eigenvalue weighted by Gasteiger charge is 2.19. The zero-order valence-electron chi connectivity index (χ0n) is 18.6. The molecule has 0 unspecified atom stereocenters. The van der Waals surface area contributed by atoms with Gasteiger partial charge in [0.05, 0.1) is 18.7 Å². The maximum absolute atomic E-state index is 12.5. The molecule has 35 heavy (non-hydrogen) atoms. The van der Waals surface area contributed by atoms with E-state index in [2.05, 4.69) is 20.7 Å². The van der Waals surface area contributed by atoms with E-state index in [1.165, 1.54) is 11.3 Å². The third kappa shape index (κ3) is 6.58. The number of benzene rings is 2. The van der Waals surface area contributed by atoms with Gasteiger partial charge in [-0.1, -0.05) is 59.6 Å². The molecule has 2 aromatic heterocycles. The maximum Gasteiger partial charge on any atom is 0.341 e. The average Bonchev–Trinajstić information content (AvgIpc) is 3.43. The molecule has 4 rings (SSSR count). The lowest BCUT2D eigenvalue weighted by Crippen LogP contribution is -2.21. The summed E-state index contributed by atoms with van der Waals surface area (Å²) in [6.45, 7) is 2.40. The molecule has 180 valence electrons. The first-order valence-electron chi connectivity index (χ1n) is 10.7. The fourth-order valence-corrected chi connectivity index (χ4v) is 5.15. The largest absolute Gasteiger partial charge is 0.462 e. The van der Waals surface area contributed by atoms with E-state index in [1.807, 2.05) is 36.4 Å². The standard InChI is InChI=1S/C24H21Cl2N5O2S2/c1-2-33-22(32)17-12-16(11-15-7-4-3-5-8-15)35-21(17)28-24(34)29-23-27-14-31(30-23)13-18-19(25)9-6-10-20(18)26/h3-10,12,14H,2,11,13H2,1H3,(H2,28,29,30,34). The fraction of sp³-hybridized carbons (Fsp3) is 0.167. The van der Waals surface area contributed by atoms with Gasteiger partial charge in [0.2, 0.25) is 5.95 Å². The Balaban J connectivity index is 1.46. The minimum Gasteiger partial charge on any atom is -0.462 e. The molecule has 7 nitrogen and oxygen atoms in total. The van der Waals surface area contributed by atoms with Crippen LogP contribution in [0.15, 0.2) is 60.9 Å². The van der Waals surface area contributed by atoms with Crippen LogP contribution in [0.5, 0.6) is 0 Å². The van der Waals surface area contributed by atoms with Crippen molar-refractivity contribution in [2.75, 3.05) is 17.2 Å². The summed E-state index contributed by atoms with van der Waals surface area (Å²) >= 11 is 19.4. The van der Waals surface area contributed by atoms with E-state index in [4.69, 9.17) is 40.2 Å². The minimum absolute atomic E-state index is 0.247. The van der Waals surface area contributed by atoms with Crippen LogP contribution in [0.25, 0.3) is 0 Å². The summed E-state index contributed by atoms with van der Waals surface area (Å²) in [4.78, 5) is 17.8. The number of esters is 1. The minimum atomic E-state index is -0.410. The van der Waals surface area contributed by atoms with Crippen LogP contribution in [-0.4, -0.2) is 32.5 Å². The molecular weight excluding hydrogens is 525 g/mol. The number of hydrogen-bond acceptors (Lipinski definition) is 6. The first kappa shape index (κ1) is 25.1. The van der Waals surface area contributed by atoms with Crippen LogP contribution in [0.3, 0.4) is 0 Å². The van der Waals surface area contributed by atoms with Gasteiger partial charge in [-0.25, -0.2) is 14.5 Å². The number of nitrogens with one attached hydrogen (secondary N) is 2. The van der Waals surface area contributed by atoms with Gasteiger partial charge in [0.15, 0.2) is 5.11 Å². The summed E-state index contributed by atoms with van der Waals surface area (Å²) in [6, 6.07) is 17.2. The Bertz CT molecular complexity index is 1320. The highest BCUT2D eigenvalue weighted by molar-refractivity contribution is 7.80. The molecule has 2 aromatic carbocycles. The van der Waals surface area contributed by atoms with Crippen molar-refractivity contribution in [3.05, 3.63) is 92.5 Å². The van der Waals surface area contributed by atoms with E-state index >= 15 is 0 Å². The van der Waals surface area contributed by atoms with Gasteiger partial charge in [-0.2, -0.15) is 0 Å². The quantitative estimate of drug-likeness (QED) is 0.199. The lowest BCUT2D eigenvalue weighted by atomic mass is 10.1. The van der Waals surface area contributed by atoms with Gasteiger partial charge < -0.3 is 10.1 Å². The van der Waals surface area contributed by atoms with Crippen LogP contribution < -0.4 is 10.6 Å². The Labute approximate surface area is 222 Å². The number of hydrogen-bond donors (Lipinski definition) is 2. The number of nitrogens with zero attached hydrogens (tertiary/aromatic N) is 3. The van der Waals surface area contributed by atoms with Crippen molar-refractivity contribution < 1.29 is 9.53 Å². The third-order valence-electron chi connectivity index (χ3n) is 4.87. The number of rotatable bonds is 8. The Morgan fingerprint density at radius 1 is 1.11 bits per heavy atom. The molecule has 0 bridgehead atoms. The van der Waals surface area contributed by atoms with Crippen LogP contribution in [0.4, 0.5) is 10.9 Å². The molecule has 2 heterocycles. The molecule has 0 aliphatic rings. The SMILES string of the molecule is CCOC(=O)c1cc(Cc2ccccc2)sc1NC(=S)Nc1ncn(Cc2c(Cl)cccc2Cl)n1. The highest BCUT2D eigenvalue weighted by atomic mass is 35.5. The predicted molar refractivity (Wildman–Crippen MR) is 145 cm³/mol. The summed E-state index contributed by atoms with van der Waals surface area (Å²) < 4.78 is 6.83. The van der Waals surface area contributed by atoms with Crippen molar-refractivity contribution in [1.29, 1.82) is 0 Å². The Kier molecular flexibility index (Phi) is 8.35. The van der Waals surface area contributed by atoms with E-state index in [1.54, 1.807) is 36.1 Å². The molecule has 0 saturated heterocycles. The van der Waals surface area contributed by atoms with Crippen LogP contribution in [0.1, 0.15) is 33.3 Å². The number of thiophene rings is 1. The second-order valence-electron chi connectivity index (χ2n) is 7.38. The van der Waals surface area contributed by atoms with Crippen molar-refractivity contribution >= 4 is 68.8 Å². The summed E-state index contributed by atoms with van der Waals surface area (Å²) in [6.07, 6.45) is 2.24. The molecule has 0 atom stereocenters. The lowest BCUT2D eigenvalue weighted by molar-refractivity contribution is 0.0528. The smallest absolute Gasteiger partial charge is 0.341 e. The summed E-state index contributed by atoms with van der Waals surface area (Å²) in [5, 5.41) is 12.4. The predicted octanol–water partition coefficient (Wildman–Crippen LogP) is 6.27. The van der Waals surface area contributed by atoms with Crippen LogP contribution in [-0.2, 0) is 17.7 Å². The van der Waals surface area contributed by atoms with E-state index in [9.17, 15) is 4.79 Å². The number of carbonyl (C=O) groups excluding carboxylic acids is 1. The molecule has 11 heteroatoms. The zero-order valence-corrected chi connectivity index (χ0v) is 21.8. The molecule has 0 saturated carbocycles. The lowest BCUT2D eigenvalue weighted by Gasteiger charge is -2.08. The summed E-state index contributed by atoms with van der Waals surface area (Å²) in [5.41, 5.74) is 2.32. The van der Waals surface area contributed by atoms with Gasteiger partial charge >= 0.3 is 5.97 Å². The zero-order chi connectivity index (χ0) is 24.8. The molecule has 0 aliphatic heterocycles. The van der Waals surface area contributed by atoms with Gasteiger partial charge in [0.25, 0.3) is 0 Å². The molecule has 0 radical (unpaired) electrons. The number of carbonyl (C=O) groups is 1. The molecule has 0 fully saturated rings. The second-order valence-corrected chi connectivity index (χ2v) is 9.74. The van der Waals surface area contributed by atoms with Gasteiger partial charge in [-0.3, -0.25) is 5.32 Å². The van der Waals surface area contributed by atoms with Gasteiger partial charge in [0, 0.05) is 26.9 Å². The molecule has 0 aliphatic carbocycles. The Morgan fingerprint density at radius 2 is 1.86 bits per heavy atom. The first-order chi connectivity index (χ1) is 16.9.